The molecule has 2 heterocycles. The van der Waals surface area contributed by atoms with E-state index in [0.29, 0.717) is 23.7 Å². The SMILES string of the molecule is O=C(NCc1ccc(N2CCCC2=O)cc1)c1ccc(Cl)nc1. The number of amides is 2. The standard InChI is InChI=1S/C17H16ClN3O2/c18-15-8-5-13(11-19-15)17(23)20-10-12-3-6-14(7-4-12)21-9-1-2-16(21)22/h3-8,11H,1-2,9-10H2,(H,20,23). The van der Waals surface area contributed by atoms with Crippen molar-refractivity contribution in [2.24, 2.45) is 0 Å². The van der Waals surface area contributed by atoms with Gasteiger partial charge in [-0.3, -0.25) is 9.59 Å². The molecule has 3 rings (SSSR count). The van der Waals surface area contributed by atoms with Gasteiger partial charge < -0.3 is 10.2 Å². The normalized spacial score (nSPS) is 14.1. The van der Waals surface area contributed by atoms with Crippen LogP contribution in [0.4, 0.5) is 5.69 Å². The Kier molecular flexibility index (Phi) is 4.57. The van der Waals surface area contributed by atoms with Crippen molar-refractivity contribution in [3.8, 4) is 0 Å². The van der Waals surface area contributed by atoms with Gasteiger partial charge in [0.15, 0.2) is 0 Å². The van der Waals surface area contributed by atoms with Crippen molar-refractivity contribution < 1.29 is 9.59 Å². The lowest BCUT2D eigenvalue weighted by molar-refractivity contribution is -0.117. The van der Waals surface area contributed by atoms with Gasteiger partial charge in [-0.15, -0.1) is 0 Å². The van der Waals surface area contributed by atoms with Crippen LogP contribution in [0.3, 0.4) is 0 Å². The number of anilines is 1. The van der Waals surface area contributed by atoms with Crippen LogP contribution in [0.25, 0.3) is 0 Å². The molecule has 1 saturated heterocycles. The number of carbonyl (C=O) groups is 2. The summed E-state index contributed by atoms with van der Waals surface area (Å²) in [4.78, 5) is 29.4. The number of hydrogen-bond acceptors (Lipinski definition) is 3. The van der Waals surface area contributed by atoms with Gasteiger partial charge in [-0.2, -0.15) is 0 Å². The topological polar surface area (TPSA) is 62.3 Å². The van der Waals surface area contributed by atoms with E-state index in [1.165, 1.54) is 6.20 Å². The Bertz CT molecular complexity index is 714. The fourth-order valence-corrected chi connectivity index (χ4v) is 2.62. The van der Waals surface area contributed by atoms with Crippen LogP contribution in [0.5, 0.6) is 0 Å². The summed E-state index contributed by atoms with van der Waals surface area (Å²) >= 11 is 5.70. The Balaban J connectivity index is 1.59. The summed E-state index contributed by atoms with van der Waals surface area (Å²) in [6.45, 7) is 1.19. The summed E-state index contributed by atoms with van der Waals surface area (Å²) in [5, 5.41) is 3.19. The molecule has 1 N–H and O–H groups in total. The van der Waals surface area contributed by atoms with E-state index in [1.54, 1.807) is 17.0 Å². The first-order chi connectivity index (χ1) is 11.1. The van der Waals surface area contributed by atoms with Gasteiger partial charge in [0, 0.05) is 31.4 Å². The van der Waals surface area contributed by atoms with Crippen LogP contribution >= 0.6 is 11.6 Å². The highest BCUT2D eigenvalue weighted by Crippen LogP contribution is 2.21. The minimum atomic E-state index is -0.201. The second kappa shape index (κ2) is 6.79. The minimum absolute atomic E-state index is 0.168. The lowest BCUT2D eigenvalue weighted by Crippen LogP contribution is -2.24. The zero-order chi connectivity index (χ0) is 16.2. The maximum Gasteiger partial charge on any atom is 0.253 e. The van der Waals surface area contributed by atoms with Gasteiger partial charge in [-0.05, 0) is 36.2 Å². The fraction of sp³-hybridized carbons (Fsp3) is 0.235. The highest BCUT2D eigenvalue weighted by molar-refractivity contribution is 6.29. The van der Waals surface area contributed by atoms with Gasteiger partial charge in [-0.1, -0.05) is 23.7 Å². The number of hydrogen-bond donors (Lipinski definition) is 1. The molecule has 0 bridgehead atoms. The molecule has 0 atom stereocenters. The average molecular weight is 330 g/mol. The summed E-state index contributed by atoms with van der Waals surface area (Å²) in [6, 6.07) is 10.9. The quantitative estimate of drug-likeness (QED) is 0.877. The molecule has 0 unspecified atom stereocenters. The molecular formula is C17H16ClN3O2. The second-order valence-electron chi connectivity index (χ2n) is 5.37. The molecule has 0 radical (unpaired) electrons. The summed E-state index contributed by atoms with van der Waals surface area (Å²) in [5.74, 6) is -0.0331. The third-order valence-corrected chi connectivity index (χ3v) is 3.99. The highest BCUT2D eigenvalue weighted by Gasteiger charge is 2.21. The van der Waals surface area contributed by atoms with Crippen molar-refractivity contribution in [3.63, 3.8) is 0 Å². The molecule has 0 saturated carbocycles. The molecule has 5 nitrogen and oxygen atoms in total. The first-order valence-electron chi connectivity index (χ1n) is 7.42. The smallest absolute Gasteiger partial charge is 0.253 e. The zero-order valence-corrected chi connectivity index (χ0v) is 13.2. The molecule has 1 aromatic heterocycles. The Morgan fingerprint density at radius 1 is 1.22 bits per heavy atom. The molecule has 1 aliphatic heterocycles. The maximum absolute atomic E-state index is 12.0. The Labute approximate surface area is 139 Å². The first-order valence-corrected chi connectivity index (χ1v) is 7.80. The molecule has 1 aliphatic rings. The summed E-state index contributed by atoms with van der Waals surface area (Å²) in [6.07, 6.45) is 2.97. The van der Waals surface area contributed by atoms with Crippen LogP contribution in [-0.4, -0.2) is 23.3 Å². The van der Waals surface area contributed by atoms with Crippen LogP contribution in [0.1, 0.15) is 28.8 Å². The van der Waals surface area contributed by atoms with E-state index in [0.717, 1.165) is 24.2 Å². The van der Waals surface area contributed by atoms with Crippen LogP contribution in [-0.2, 0) is 11.3 Å². The van der Waals surface area contributed by atoms with Gasteiger partial charge in [0.2, 0.25) is 5.91 Å². The molecule has 118 valence electrons. The number of pyridine rings is 1. The Hall–Kier alpha value is -2.40. The molecule has 0 aliphatic carbocycles. The maximum atomic E-state index is 12.0. The predicted octanol–water partition coefficient (Wildman–Crippen LogP) is 2.79. The molecular weight excluding hydrogens is 314 g/mol. The molecule has 2 amide bonds. The third-order valence-electron chi connectivity index (χ3n) is 3.76. The number of halogens is 1. The van der Waals surface area contributed by atoms with E-state index in [4.69, 9.17) is 11.6 Å². The van der Waals surface area contributed by atoms with Crippen LogP contribution in [0.2, 0.25) is 5.15 Å². The second-order valence-corrected chi connectivity index (χ2v) is 5.75. The zero-order valence-electron chi connectivity index (χ0n) is 12.5. The predicted molar refractivity (Wildman–Crippen MR) is 88.4 cm³/mol. The molecule has 1 fully saturated rings. The first kappa shape index (κ1) is 15.5. The van der Waals surface area contributed by atoms with Crippen molar-refractivity contribution >= 4 is 29.1 Å². The van der Waals surface area contributed by atoms with Crippen LogP contribution in [0, 0.1) is 0 Å². The monoisotopic (exact) mass is 329 g/mol. The molecule has 2 aromatic rings. The van der Waals surface area contributed by atoms with Crippen LogP contribution < -0.4 is 10.2 Å². The van der Waals surface area contributed by atoms with E-state index in [1.807, 2.05) is 24.3 Å². The van der Waals surface area contributed by atoms with E-state index in [2.05, 4.69) is 10.3 Å². The summed E-state index contributed by atoms with van der Waals surface area (Å²) in [5.41, 5.74) is 2.34. The largest absolute Gasteiger partial charge is 0.348 e. The van der Waals surface area contributed by atoms with Crippen molar-refractivity contribution in [3.05, 3.63) is 58.9 Å². The summed E-state index contributed by atoms with van der Waals surface area (Å²) in [7, 11) is 0. The third kappa shape index (κ3) is 3.68. The van der Waals surface area contributed by atoms with Crippen molar-refractivity contribution in [1.29, 1.82) is 0 Å². The Morgan fingerprint density at radius 2 is 2.00 bits per heavy atom. The number of nitrogens with zero attached hydrogens (tertiary/aromatic N) is 2. The molecule has 1 aromatic carbocycles. The summed E-state index contributed by atoms with van der Waals surface area (Å²) < 4.78 is 0. The fourth-order valence-electron chi connectivity index (χ4n) is 2.51. The van der Waals surface area contributed by atoms with Gasteiger partial charge in [0.1, 0.15) is 5.15 Å². The molecule has 0 spiro atoms. The van der Waals surface area contributed by atoms with Crippen molar-refractivity contribution in [2.75, 3.05) is 11.4 Å². The number of nitrogens with one attached hydrogen (secondary N) is 1. The van der Waals surface area contributed by atoms with Gasteiger partial charge in [0.25, 0.3) is 5.91 Å². The Morgan fingerprint density at radius 3 is 2.61 bits per heavy atom. The minimum Gasteiger partial charge on any atom is -0.348 e. The number of aromatic nitrogens is 1. The lowest BCUT2D eigenvalue weighted by atomic mass is 10.2. The average Bonchev–Trinajstić information content (AvgIpc) is 3.00. The van der Waals surface area contributed by atoms with Gasteiger partial charge in [-0.25, -0.2) is 4.98 Å². The lowest BCUT2D eigenvalue weighted by Gasteiger charge is -2.16. The highest BCUT2D eigenvalue weighted by atomic mass is 35.5. The van der Waals surface area contributed by atoms with E-state index < -0.39 is 0 Å². The molecule has 23 heavy (non-hydrogen) atoms. The van der Waals surface area contributed by atoms with Gasteiger partial charge in [0.05, 0.1) is 5.56 Å². The number of carbonyl (C=O) groups excluding carboxylic acids is 2. The number of rotatable bonds is 4. The molecule has 6 heteroatoms. The van der Waals surface area contributed by atoms with Gasteiger partial charge >= 0.3 is 0 Å². The van der Waals surface area contributed by atoms with E-state index in [9.17, 15) is 9.59 Å². The van der Waals surface area contributed by atoms with E-state index >= 15 is 0 Å². The van der Waals surface area contributed by atoms with Crippen LogP contribution in [0.15, 0.2) is 42.6 Å². The van der Waals surface area contributed by atoms with Crippen molar-refractivity contribution in [1.82, 2.24) is 10.3 Å². The number of benzene rings is 1. The van der Waals surface area contributed by atoms with Crippen molar-refractivity contribution in [2.45, 2.75) is 19.4 Å². The van der Waals surface area contributed by atoms with E-state index in [-0.39, 0.29) is 11.8 Å².